The molecule has 15 heavy (non-hydrogen) atoms. The second-order valence-corrected chi connectivity index (χ2v) is 4.00. The van der Waals surface area contributed by atoms with Gasteiger partial charge in [0.1, 0.15) is 10.7 Å². The second kappa shape index (κ2) is 5.11. The van der Waals surface area contributed by atoms with E-state index in [2.05, 4.69) is 29.8 Å². The van der Waals surface area contributed by atoms with E-state index in [9.17, 15) is 10.1 Å². The number of hydrogen-bond acceptors (Lipinski definition) is 3. The van der Waals surface area contributed by atoms with Crippen molar-refractivity contribution in [2.75, 3.05) is 5.33 Å². The first kappa shape index (κ1) is 12.0. The van der Waals surface area contributed by atoms with Gasteiger partial charge in [-0.1, -0.05) is 35.4 Å². The number of nitro groups is 1. The highest BCUT2D eigenvalue weighted by Gasteiger charge is 2.11. The van der Waals surface area contributed by atoms with Gasteiger partial charge in [0.15, 0.2) is 0 Å². The van der Waals surface area contributed by atoms with Crippen LogP contribution in [0.5, 0.6) is 0 Å². The molecule has 0 radical (unpaired) electrons. The summed E-state index contributed by atoms with van der Waals surface area (Å²) in [6.07, 6.45) is 1.83. The first-order chi connectivity index (χ1) is 7.04. The van der Waals surface area contributed by atoms with Crippen LogP contribution in [0.4, 0.5) is 5.88 Å². The standard InChI is InChI=1S/C10H12BrNO3/c1-7(2)8(6-11)5-9-3-4-10(15-9)12(13)14/h3-5,7H,6H2,1-2H3. The highest BCUT2D eigenvalue weighted by molar-refractivity contribution is 9.09. The lowest BCUT2D eigenvalue weighted by atomic mass is 10.0. The zero-order chi connectivity index (χ0) is 11.4. The van der Waals surface area contributed by atoms with E-state index in [1.807, 2.05) is 6.08 Å². The normalized spacial score (nSPS) is 12.1. The van der Waals surface area contributed by atoms with E-state index in [4.69, 9.17) is 4.42 Å². The predicted octanol–water partition coefficient (Wildman–Crippen LogP) is 3.62. The number of halogens is 1. The molecule has 0 bridgehead atoms. The Morgan fingerprint density at radius 3 is 2.73 bits per heavy atom. The molecule has 0 fully saturated rings. The first-order valence-electron chi connectivity index (χ1n) is 4.55. The summed E-state index contributed by atoms with van der Waals surface area (Å²) in [5.41, 5.74) is 1.14. The van der Waals surface area contributed by atoms with Crippen molar-refractivity contribution in [1.29, 1.82) is 0 Å². The number of alkyl halides is 1. The SMILES string of the molecule is CC(C)C(=Cc1ccc([N+](=O)[O-])o1)CBr. The van der Waals surface area contributed by atoms with E-state index in [1.165, 1.54) is 6.07 Å². The van der Waals surface area contributed by atoms with Gasteiger partial charge in [-0.15, -0.1) is 0 Å². The predicted molar refractivity (Wildman–Crippen MR) is 62.0 cm³/mol. The quantitative estimate of drug-likeness (QED) is 0.478. The van der Waals surface area contributed by atoms with Crippen molar-refractivity contribution < 1.29 is 9.34 Å². The van der Waals surface area contributed by atoms with Crippen molar-refractivity contribution >= 4 is 27.9 Å². The molecule has 1 rings (SSSR count). The van der Waals surface area contributed by atoms with E-state index < -0.39 is 4.92 Å². The largest absolute Gasteiger partial charge is 0.433 e. The number of nitrogens with zero attached hydrogens (tertiary/aromatic N) is 1. The molecule has 1 aromatic heterocycles. The van der Waals surface area contributed by atoms with Gasteiger partial charge in [0.2, 0.25) is 0 Å². The minimum atomic E-state index is -0.541. The van der Waals surface area contributed by atoms with E-state index in [0.717, 1.165) is 10.9 Å². The molecule has 0 N–H and O–H groups in total. The van der Waals surface area contributed by atoms with Crippen molar-refractivity contribution in [2.24, 2.45) is 5.92 Å². The van der Waals surface area contributed by atoms with Crippen LogP contribution in [0.25, 0.3) is 6.08 Å². The van der Waals surface area contributed by atoms with Crippen LogP contribution in [-0.2, 0) is 0 Å². The maximum atomic E-state index is 10.4. The fourth-order valence-corrected chi connectivity index (χ4v) is 1.87. The maximum absolute atomic E-state index is 10.4. The molecular formula is C10H12BrNO3. The molecule has 0 aliphatic rings. The average Bonchev–Trinajstić information content (AvgIpc) is 2.61. The lowest BCUT2D eigenvalue weighted by Gasteiger charge is -2.05. The Labute approximate surface area is 96.2 Å². The Kier molecular flexibility index (Phi) is 4.08. The molecule has 0 amide bonds. The molecule has 0 aromatic carbocycles. The third-order valence-corrected chi connectivity index (χ3v) is 2.66. The van der Waals surface area contributed by atoms with Crippen molar-refractivity contribution in [1.82, 2.24) is 0 Å². The van der Waals surface area contributed by atoms with E-state index >= 15 is 0 Å². The van der Waals surface area contributed by atoms with Crippen molar-refractivity contribution in [2.45, 2.75) is 13.8 Å². The topological polar surface area (TPSA) is 56.3 Å². The summed E-state index contributed by atoms with van der Waals surface area (Å²) in [6.45, 7) is 4.12. The molecule has 0 saturated carbocycles. The molecule has 0 atom stereocenters. The first-order valence-corrected chi connectivity index (χ1v) is 5.67. The molecular weight excluding hydrogens is 262 g/mol. The lowest BCUT2D eigenvalue weighted by Crippen LogP contribution is -1.94. The van der Waals surface area contributed by atoms with Crippen molar-refractivity contribution in [3.8, 4) is 0 Å². The zero-order valence-corrected chi connectivity index (χ0v) is 10.2. The van der Waals surface area contributed by atoms with Gasteiger partial charge in [-0.2, -0.15) is 0 Å². The van der Waals surface area contributed by atoms with Gasteiger partial charge in [-0.05, 0) is 18.1 Å². The highest BCUT2D eigenvalue weighted by atomic mass is 79.9. The van der Waals surface area contributed by atoms with Gasteiger partial charge in [-0.3, -0.25) is 10.1 Å². The second-order valence-electron chi connectivity index (χ2n) is 3.44. The van der Waals surface area contributed by atoms with Crippen LogP contribution in [0.1, 0.15) is 19.6 Å². The summed E-state index contributed by atoms with van der Waals surface area (Å²) in [7, 11) is 0. The van der Waals surface area contributed by atoms with Gasteiger partial charge in [0, 0.05) is 5.33 Å². The molecule has 82 valence electrons. The van der Waals surface area contributed by atoms with Gasteiger partial charge in [-0.25, -0.2) is 0 Å². The smallest absolute Gasteiger partial charge is 0.401 e. The van der Waals surface area contributed by atoms with Crippen LogP contribution in [0.3, 0.4) is 0 Å². The number of allylic oxidation sites excluding steroid dienone is 1. The Morgan fingerprint density at radius 2 is 2.33 bits per heavy atom. The van der Waals surface area contributed by atoms with Crippen LogP contribution in [0, 0.1) is 16.0 Å². The van der Waals surface area contributed by atoms with Crippen LogP contribution in [-0.4, -0.2) is 10.3 Å². The Balaban J connectivity index is 2.92. The minimum absolute atomic E-state index is 0.223. The maximum Gasteiger partial charge on any atom is 0.433 e. The molecule has 0 aliphatic heterocycles. The summed E-state index contributed by atoms with van der Waals surface area (Å²) >= 11 is 3.37. The number of hydrogen-bond donors (Lipinski definition) is 0. The van der Waals surface area contributed by atoms with Crippen LogP contribution in [0.2, 0.25) is 0 Å². The van der Waals surface area contributed by atoms with Crippen LogP contribution >= 0.6 is 15.9 Å². The van der Waals surface area contributed by atoms with Gasteiger partial charge < -0.3 is 4.42 Å². The molecule has 0 unspecified atom stereocenters. The highest BCUT2D eigenvalue weighted by Crippen LogP contribution is 2.21. The molecule has 1 aromatic rings. The minimum Gasteiger partial charge on any atom is -0.401 e. The summed E-state index contributed by atoms with van der Waals surface area (Å²) in [4.78, 5) is 9.84. The molecule has 5 heteroatoms. The fraction of sp³-hybridized carbons (Fsp3) is 0.400. The number of rotatable bonds is 4. The molecule has 0 saturated heterocycles. The molecule has 0 aliphatic carbocycles. The van der Waals surface area contributed by atoms with E-state index in [0.29, 0.717) is 11.7 Å². The third kappa shape index (κ3) is 3.20. The summed E-state index contributed by atoms with van der Waals surface area (Å²) in [5.74, 6) is 0.678. The Hall–Kier alpha value is -1.10. The van der Waals surface area contributed by atoms with Crippen LogP contribution in [0.15, 0.2) is 22.1 Å². The lowest BCUT2D eigenvalue weighted by molar-refractivity contribution is -0.402. The monoisotopic (exact) mass is 273 g/mol. The molecule has 1 heterocycles. The Bertz CT molecular complexity index is 382. The van der Waals surface area contributed by atoms with E-state index in [-0.39, 0.29) is 5.88 Å². The van der Waals surface area contributed by atoms with Crippen LogP contribution < -0.4 is 0 Å². The molecule has 4 nitrogen and oxygen atoms in total. The summed E-state index contributed by atoms with van der Waals surface area (Å²) in [5, 5.41) is 11.1. The Morgan fingerprint density at radius 1 is 1.67 bits per heavy atom. The molecule has 0 spiro atoms. The van der Waals surface area contributed by atoms with Gasteiger partial charge in [0.05, 0.1) is 6.07 Å². The summed E-state index contributed by atoms with van der Waals surface area (Å²) < 4.78 is 5.03. The number of furan rings is 1. The van der Waals surface area contributed by atoms with Gasteiger partial charge >= 0.3 is 5.88 Å². The fourth-order valence-electron chi connectivity index (χ4n) is 1.06. The van der Waals surface area contributed by atoms with E-state index in [1.54, 1.807) is 6.07 Å². The van der Waals surface area contributed by atoms with Gasteiger partial charge in [0.25, 0.3) is 0 Å². The zero-order valence-electron chi connectivity index (χ0n) is 8.57. The van der Waals surface area contributed by atoms with Crippen molar-refractivity contribution in [3.63, 3.8) is 0 Å². The van der Waals surface area contributed by atoms with Crippen molar-refractivity contribution in [3.05, 3.63) is 33.6 Å². The summed E-state index contributed by atoms with van der Waals surface area (Å²) in [6, 6.07) is 2.96. The third-order valence-electron chi connectivity index (χ3n) is 2.02. The average molecular weight is 274 g/mol.